The lowest BCUT2D eigenvalue weighted by Gasteiger charge is -2.29. The summed E-state index contributed by atoms with van der Waals surface area (Å²) in [6, 6.07) is 0. The van der Waals surface area contributed by atoms with E-state index in [9.17, 15) is 4.79 Å². The zero-order valence-corrected chi connectivity index (χ0v) is 11.9. The fourth-order valence-electron chi connectivity index (χ4n) is 1.42. The second-order valence-electron chi connectivity index (χ2n) is 4.69. The molecule has 0 saturated heterocycles. The molecule has 0 aromatic carbocycles. The summed E-state index contributed by atoms with van der Waals surface area (Å²) in [5.41, 5.74) is -0.304. The van der Waals surface area contributed by atoms with Gasteiger partial charge in [-0.2, -0.15) is 0 Å². The van der Waals surface area contributed by atoms with Gasteiger partial charge in [0, 0.05) is 19.9 Å². The van der Waals surface area contributed by atoms with Gasteiger partial charge in [0.1, 0.15) is 5.04 Å². The number of rotatable bonds is 5. The topological polar surface area (TPSA) is 70.9 Å². The minimum absolute atomic E-state index is 0.143. The Morgan fingerprint density at radius 2 is 2.12 bits per heavy atom. The van der Waals surface area contributed by atoms with Crippen LogP contribution >= 0.6 is 11.8 Å². The van der Waals surface area contributed by atoms with Gasteiger partial charge in [0.05, 0.1) is 12.5 Å². The van der Waals surface area contributed by atoms with Crippen LogP contribution in [0.2, 0.25) is 0 Å². The van der Waals surface area contributed by atoms with Crippen LogP contribution < -0.4 is 5.32 Å². The van der Waals surface area contributed by atoms with E-state index in [4.69, 9.17) is 9.94 Å². The molecule has 1 atom stereocenters. The summed E-state index contributed by atoms with van der Waals surface area (Å²) in [5, 5.41) is 15.3. The molecule has 0 saturated carbocycles. The van der Waals surface area contributed by atoms with E-state index in [1.165, 1.54) is 11.8 Å². The van der Waals surface area contributed by atoms with Crippen LogP contribution in [0.15, 0.2) is 5.16 Å². The molecule has 0 aromatic rings. The third kappa shape index (κ3) is 5.41. The van der Waals surface area contributed by atoms with Crippen molar-refractivity contribution in [1.29, 1.82) is 0 Å². The Hall–Kier alpha value is -0.750. The quantitative estimate of drug-likeness (QED) is 0.259. The van der Waals surface area contributed by atoms with Crippen LogP contribution in [0, 0.1) is 11.3 Å². The summed E-state index contributed by atoms with van der Waals surface area (Å²) in [4.78, 5) is 11.8. The van der Waals surface area contributed by atoms with E-state index >= 15 is 0 Å². The molecule has 5 nitrogen and oxygen atoms in total. The van der Waals surface area contributed by atoms with Crippen molar-refractivity contribution >= 4 is 22.7 Å². The Balaban J connectivity index is 4.82. The van der Waals surface area contributed by atoms with Gasteiger partial charge in [0.15, 0.2) is 0 Å². The van der Waals surface area contributed by atoms with Gasteiger partial charge in [-0.1, -0.05) is 25.9 Å². The highest BCUT2D eigenvalue weighted by atomic mass is 32.2. The molecule has 0 aromatic heterocycles. The molecule has 0 bridgehead atoms. The van der Waals surface area contributed by atoms with Gasteiger partial charge >= 0.3 is 0 Å². The Morgan fingerprint density at radius 3 is 2.47 bits per heavy atom. The second kappa shape index (κ2) is 7.55. The van der Waals surface area contributed by atoms with Crippen molar-refractivity contribution in [2.45, 2.75) is 20.8 Å². The molecule has 0 aliphatic rings. The van der Waals surface area contributed by atoms with Crippen LogP contribution in [0.1, 0.15) is 20.8 Å². The van der Waals surface area contributed by atoms with Gasteiger partial charge in [-0.25, -0.2) is 0 Å². The van der Waals surface area contributed by atoms with Crippen LogP contribution in [0.5, 0.6) is 0 Å². The Bertz CT molecular complexity index is 274. The first-order valence-electron chi connectivity index (χ1n) is 5.43. The largest absolute Gasteiger partial charge is 0.410 e. The molecule has 6 heteroatoms. The SMILES string of the molecule is CNC(=O)C(/C(=N/O)SCCOC)C(C)(C)C. The normalized spacial score (nSPS) is 14.5. The molecule has 0 aliphatic heterocycles. The van der Waals surface area contributed by atoms with Gasteiger partial charge < -0.3 is 15.3 Å². The minimum Gasteiger partial charge on any atom is -0.410 e. The van der Waals surface area contributed by atoms with E-state index < -0.39 is 5.92 Å². The number of hydrogen-bond donors (Lipinski definition) is 2. The summed E-state index contributed by atoms with van der Waals surface area (Å²) in [5.74, 6) is 0.0500. The molecule has 0 rings (SSSR count). The maximum Gasteiger partial charge on any atom is 0.230 e. The number of amides is 1. The number of carbonyl (C=O) groups excluding carboxylic acids is 1. The number of carbonyl (C=O) groups is 1. The number of oxime groups is 1. The van der Waals surface area contributed by atoms with Gasteiger partial charge in [-0.15, -0.1) is 11.8 Å². The molecule has 0 aliphatic carbocycles. The van der Waals surface area contributed by atoms with E-state index in [0.717, 1.165) is 0 Å². The summed E-state index contributed by atoms with van der Waals surface area (Å²) >= 11 is 1.34. The number of thioether (sulfide) groups is 1. The highest BCUT2D eigenvalue weighted by Crippen LogP contribution is 2.31. The van der Waals surface area contributed by atoms with Gasteiger partial charge in [-0.05, 0) is 5.41 Å². The van der Waals surface area contributed by atoms with Crippen molar-refractivity contribution in [1.82, 2.24) is 5.32 Å². The summed E-state index contributed by atoms with van der Waals surface area (Å²) in [6.45, 7) is 6.37. The third-order valence-corrected chi connectivity index (χ3v) is 3.24. The standard InChI is InChI=1S/C11H22N2O3S/c1-11(2,3)8(9(14)12-4)10(13-15)17-7-6-16-5/h8,15H,6-7H2,1-5H3,(H,12,14)/b13-10-. The molecule has 17 heavy (non-hydrogen) atoms. The Kier molecular flexibility index (Phi) is 7.22. The van der Waals surface area contributed by atoms with Crippen molar-refractivity contribution < 1.29 is 14.7 Å². The van der Waals surface area contributed by atoms with Gasteiger partial charge in [0.25, 0.3) is 0 Å². The van der Waals surface area contributed by atoms with Crippen molar-refractivity contribution in [3.8, 4) is 0 Å². The van der Waals surface area contributed by atoms with Gasteiger partial charge in [0.2, 0.25) is 5.91 Å². The highest BCUT2D eigenvalue weighted by molar-refractivity contribution is 8.14. The fraction of sp³-hybridized carbons (Fsp3) is 0.818. The van der Waals surface area contributed by atoms with Crippen molar-refractivity contribution in [2.24, 2.45) is 16.5 Å². The van der Waals surface area contributed by atoms with E-state index in [2.05, 4.69) is 10.5 Å². The zero-order valence-electron chi connectivity index (χ0n) is 11.1. The van der Waals surface area contributed by atoms with Crippen LogP contribution in [0.3, 0.4) is 0 Å². The van der Waals surface area contributed by atoms with Crippen molar-refractivity contribution in [3.63, 3.8) is 0 Å². The summed E-state index contributed by atoms with van der Waals surface area (Å²) in [7, 11) is 3.19. The molecule has 1 unspecified atom stereocenters. The number of nitrogens with one attached hydrogen (secondary N) is 1. The number of nitrogens with zero attached hydrogens (tertiary/aromatic N) is 1. The second-order valence-corrected chi connectivity index (χ2v) is 5.81. The molecule has 0 spiro atoms. The van der Waals surface area contributed by atoms with Crippen LogP contribution in [0.25, 0.3) is 0 Å². The molecule has 0 heterocycles. The van der Waals surface area contributed by atoms with E-state index in [0.29, 0.717) is 17.4 Å². The highest BCUT2D eigenvalue weighted by Gasteiger charge is 2.35. The zero-order chi connectivity index (χ0) is 13.5. The third-order valence-electron chi connectivity index (χ3n) is 2.26. The van der Waals surface area contributed by atoms with Gasteiger partial charge in [-0.3, -0.25) is 4.79 Å². The predicted octanol–water partition coefficient (Wildman–Crippen LogP) is 1.56. The summed E-state index contributed by atoms with van der Waals surface area (Å²) in [6.07, 6.45) is 0. The van der Waals surface area contributed by atoms with E-state index in [-0.39, 0.29) is 11.3 Å². The lowest BCUT2D eigenvalue weighted by molar-refractivity contribution is -0.124. The average molecular weight is 262 g/mol. The number of hydrogen-bond acceptors (Lipinski definition) is 5. The molecule has 0 fully saturated rings. The predicted molar refractivity (Wildman–Crippen MR) is 70.6 cm³/mol. The maximum atomic E-state index is 11.8. The molecular weight excluding hydrogens is 240 g/mol. The van der Waals surface area contributed by atoms with Crippen LogP contribution in [-0.2, 0) is 9.53 Å². The lowest BCUT2D eigenvalue weighted by Crippen LogP contribution is -2.40. The van der Waals surface area contributed by atoms with Crippen molar-refractivity contribution in [3.05, 3.63) is 0 Å². The molecule has 100 valence electrons. The first-order chi connectivity index (χ1) is 7.88. The monoisotopic (exact) mass is 262 g/mol. The molecule has 2 N–H and O–H groups in total. The van der Waals surface area contributed by atoms with Crippen molar-refractivity contribution in [2.75, 3.05) is 26.5 Å². The molecular formula is C11H22N2O3S. The molecule has 0 radical (unpaired) electrons. The Labute approximate surface area is 107 Å². The van der Waals surface area contributed by atoms with Crippen LogP contribution in [-0.4, -0.2) is 42.7 Å². The fourth-order valence-corrected chi connectivity index (χ4v) is 2.56. The first-order valence-corrected chi connectivity index (χ1v) is 6.42. The average Bonchev–Trinajstić information content (AvgIpc) is 2.25. The minimum atomic E-state index is -0.459. The van der Waals surface area contributed by atoms with E-state index in [1.54, 1.807) is 14.2 Å². The van der Waals surface area contributed by atoms with E-state index in [1.807, 2.05) is 20.8 Å². The molecule has 1 amide bonds. The van der Waals surface area contributed by atoms with Crippen LogP contribution in [0.4, 0.5) is 0 Å². The Morgan fingerprint density at radius 1 is 1.53 bits per heavy atom. The smallest absolute Gasteiger partial charge is 0.230 e. The lowest BCUT2D eigenvalue weighted by atomic mass is 9.80. The maximum absolute atomic E-state index is 11.8. The first kappa shape index (κ1) is 16.2. The number of methoxy groups -OCH3 is 1. The summed E-state index contributed by atoms with van der Waals surface area (Å²) < 4.78 is 4.93. The number of ether oxygens (including phenoxy) is 1.